The summed E-state index contributed by atoms with van der Waals surface area (Å²) in [5.41, 5.74) is 7.40. The maximum Gasteiger partial charge on any atom is 0.251 e. The average Bonchev–Trinajstić information content (AvgIpc) is 3.10. The summed E-state index contributed by atoms with van der Waals surface area (Å²) in [5.74, 6) is -0.0772. The predicted molar refractivity (Wildman–Crippen MR) is 69.2 cm³/mol. The fraction of sp³-hybridized carbons (Fsp3) is 0.462. The molecule has 1 fully saturated rings. The van der Waals surface area contributed by atoms with Gasteiger partial charge in [-0.3, -0.25) is 4.79 Å². The summed E-state index contributed by atoms with van der Waals surface area (Å²) >= 11 is 5.99. The van der Waals surface area contributed by atoms with E-state index in [0.29, 0.717) is 23.7 Å². The fourth-order valence-electron chi connectivity index (χ4n) is 1.73. The van der Waals surface area contributed by atoms with E-state index in [1.807, 2.05) is 13.0 Å². The van der Waals surface area contributed by atoms with Gasteiger partial charge in [0.1, 0.15) is 0 Å². The third-order valence-corrected chi connectivity index (χ3v) is 3.86. The lowest BCUT2D eigenvalue weighted by molar-refractivity contribution is 0.0945. The zero-order valence-electron chi connectivity index (χ0n) is 9.92. The lowest BCUT2D eigenvalue weighted by atomic mass is 10.1. The van der Waals surface area contributed by atoms with Gasteiger partial charge < -0.3 is 11.1 Å². The number of nitrogens with two attached hydrogens (primary N) is 1. The molecule has 0 saturated heterocycles. The number of hydrogen-bond acceptors (Lipinski definition) is 2. The van der Waals surface area contributed by atoms with E-state index in [4.69, 9.17) is 17.3 Å². The van der Waals surface area contributed by atoms with E-state index in [0.717, 1.165) is 18.4 Å². The molecular weight excluding hydrogens is 236 g/mol. The summed E-state index contributed by atoms with van der Waals surface area (Å²) in [6, 6.07) is 5.35. The zero-order chi connectivity index (χ0) is 12.5. The van der Waals surface area contributed by atoms with Crippen molar-refractivity contribution in [3.05, 3.63) is 34.3 Å². The Hall–Kier alpha value is -1.06. The second kappa shape index (κ2) is 4.67. The molecule has 2 rings (SSSR count). The third kappa shape index (κ3) is 2.79. The van der Waals surface area contributed by atoms with Gasteiger partial charge in [-0.05, 0) is 44.0 Å². The number of carbonyl (C=O) groups excluding carboxylic acids is 1. The summed E-state index contributed by atoms with van der Waals surface area (Å²) in [6.07, 6.45) is 2.22. The first kappa shape index (κ1) is 12.4. The molecule has 0 atom stereocenters. The molecule has 4 heteroatoms. The Labute approximate surface area is 106 Å². The van der Waals surface area contributed by atoms with Crippen molar-refractivity contribution in [2.24, 2.45) is 11.1 Å². The Bertz CT molecular complexity index is 441. The Balaban J connectivity index is 1.97. The van der Waals surface area contributed by atoms with Gasteiger partial charge in [-0.1, -0.05) is 17.7 Å². The maximum absolute atomic E-state index is 11.9. The van der Waals surface area contributed by atoms with E-state index < -0.39 is 0 Å². The molecule has 0 aromatic heterocycles. The van der Waals surface area contributed by atoms with Gasteiger partial charge in [0.25, 0.3) is 5.91 Å². The Morgan fingerprint density at radius 2 is 2.24 bits per heavy atom. The van der Waals surface area contributed by atoms with Crippen LogP contribution in [0.4, 0.5) is 0 Å². The van der Waals surface area contributed by atoms with Crippen LogP contribution in [-0.2, 0) is 0 Å². The molecule has 0 bridgehead atoms. The minimum Gasteiger partial charge on any atom is -0.351 e. The molecule has 0 heterocycles. The van der Waals surface area contributed by atoms with Crippen LogP contribution >= 0.6 is 11.6 Å². The Morgan fingerprint density at radius 3 is 2.76 bits per heavy atom. The Morgan fingerprint density at radius 1 is 1.53 bits per heavy atom. The number of carbonyl (C=O) groups is 1. The number of rotatable bonds is 4. The van der Waals surface area contributed by atoms with Gasteiger partial charge in [-0.15, -0.1) is 0 Å². The van der Waals surface area contributed by atoms with Crippen LogP contribution in [0.15, 0.2) is 18.2 Å². The van der Waals surface area contributed by atoms with Crippen molar-refractivity contribution in [3.63, 3.8) is 0 Å². The highest BCUT2D eigenvalue weighted by Gasteiger charge is 2.41. The molecule has 1 aliphatic rings. The molecule has 3 nitrogen and oxygen atoms in total. The number of hydrogen-bond donors (Lipinski definition) is 2. The van der Waals surface area contributed by atoms with E-state index in [1.165, 1.54) is 0 Å². The molecule has 1 aromatic carbocycles. The van der Waals surface area contributed by atoms with E-state index in [2.05, 4.69) is 5.32 Å². The van der Waals surface area contributed by atoms with Crippen LogP contribution < -0.4 is 11.1 Å². The number of nitrogens with one attached hydrogen (secondary N) is 1. The molecule has 1 amide bonds. The van der Waals surface area contributed by atoms with Crippen molar-refractivity contribution in [3.8, 4) is 0 Å². The number of benzene rings is 1. The lowest BCUT2D eigenvalue weighted by Crippen LogP contribution is -2.33. The molecule has 92 valence electrons. The van der Waals surface area contributed by atoms with E-state index >= 15 is 0 Å². The van der Waals surface area contributed by atoms with E-state index in [9.17, 15) is 4.79 Å². The van der Waals surface area contributed by atoms with Crippen LogP contribution in [0.25, 0.3) is 0 Å². The van der Waals surface area contributed by atoms with E-state index in [1.54, 1.807) is 12.1 Å². The molecule has 17 heavy (non-hydrogen) atoms. The first-order valence-electron chi connectivity index (χ1n) is 5.81. The van der Waals surface area contributed by atoms with Gasteiger partial charge in [0.15, 0.2) is 0 Å². The number of halogens is 1. The van der Waals surface area contributed by atoms with Gasteiger partial charge in [0, 0.05) is 22.5 Å². The minimum atomic E-state index is -0.0772. The topological polar surface area (TPSA) is 55.1 Å². The Kier molecular flexibility index (Phi) is 3.40. The van der Waals surface area contributed by atoms with Crippen molar-refractivity contribution in [2.75, 3.05) is 13.1 Å². The van der Waals surface area contributed by atoms with Crippen LogP contribution in [0.5, 0.6) is 0 Å². The summed E-state index contributed by atoms with van der Waals surface area (Å²) in [5, 5.41) is 3.54. The number of amides is 1. The molecule has 1 aromatic rings. The van der Waals surface area contributed by atoms with Crippen LogP contribution in [0, 0.1) is 12.3 Å². The molecule has 0 unspecified atom stereocenters. The molecule has 1 saturated carbocycles. The first-order valence-corrected chi connectivity index (χ1v) is 6.19. The first-order chi connectivity index (χ1) is 8.06. The van der Waals surface area contributed by atoms with Crippen molar-refractivity contribution >= 4 is 17.5 Å². The molecule has 3 N–H and O–H groups in total. The molecule has 1 aliphatic carbocycles. The van der Waals surface area contributed by atoms with Crippen LogP contribution in [-0.4, -0.2) is 19.0 Å². The van der Waals surface area contributed by atoms with Crippen LogP contribution in [0.3, 0.4) is 0 Å². The summed E-state index contributed by atoms with van der Waals surface area (Å²) < 4.78 is 0. The highest BCUT2D eigenvalue weighted by molar-refractivity contribution is 6.31. The third-order valence-electron chi connectivity index (χ3n) is 3.45. The summed E-state index contributed by atoms with van der Waals surface area (Å²) in [4.78, 5) is 11.9. The second-order valence-electron chi connectivity index (χ2n) is 4.85. The van der Waals surface area contributed by atoms with Crippen molar-refractivity contribution in [1.82, 2.24) is 5.32 Å². The van der Waals surface area contributed by atoms with Gasteiger partial charge in [0.2, 0.25) is 0 Å². The highest BCUT2D eigenvalue weighted by atomic mass is 35.5. The average molecular weight is 253 g/mol. The molecule has 0 radical (unpaired) electrons. The standard InChI is InChI=1S/C13H17ClN2O/c1-9-2-3-10(6-11(9)14)12(17)16-8-13(7-15)4-5-13/h2-3,6H,4-5,7-8,15H2,1H3,(H,16,17). The minimum absolute atomic E-state index is 0.0772. The van der Waals surface area contributed by atoms with Crippen molar-refractivity contribution in [2.45, 2.75) is 19.8 Å². The fourth-order valence-corrected chi connectivity index (χ4v) is 1.91. The maximum atomic E-state index is 11.9. The largest absolute Gasteiger partial charge is 0.351 e. The summed E-state index contributed by atoms with van der Waals surface area (Å²) in [6.45, 7) is 3.22. The second-order valence-corrected chi connectivity index (χ2v) is 5.26. The van der Waals surface area contributed by atoms with Crippen molar-refractivity contribution in [1.29, 1.82) is 0 Å². The normalized spacial score (nSPS) is 16.6. The van der Waals surface area contributed by atoms with Gasteiger partial charge in [-0.2, -0.15) is 0 Å². The lowest BCUT2D eigenvalue weighted by Gasteiger charge is -2.13. The zero-order valence-corrected chi connectivity index (χ0v) is 10.7. The SMILES string of the molecule is Cc1ccc(C(=O)NCC2(CN)CC2)cc1Cl. The van der Waals surface area contributed by atoms with Crippen LogP contribution in [0.2, 0.25) is 5.02 Å². The van der Waals surface area contributed by atoms with Gasteiger partial charge >= 0.3 is 0 Å². The monoisotopic (exact) mass is 252 g/mol. The molecule has 0 aliphatic heterocycles. The van der Waals surface area contributed by atoms with Gasteiger partial charge in [0.05, 0.1) is 0 Å². The summed E-state index contributed by atoms with van der Waals surface area (Å²) in [7, 11) is 0. The predicted octanol–water partition coefficient (Wildman–Crippen LogP) is 2.12. The smallest absolute Gasteiger partial charge is 0.251 e. The molecular formula is C13H17ClN2O. The number of aryl methyl sites for hydroxylation is 1. The van der Waals surface area contributed by atoms with E-state index in [-0.39, 0.29) is 11.3 Å². The van der Waals surface area contributed by atoms with Gasteiger partial charge in [-0.25, -0.2) is 0 Å². The highest BCUT2D eigenvalue weighted by Crippen LogP contribution is 2.43. The van der Waals surface area contributed by atoms with Crippen molar-refractivity contribution < 1.29 is 4.79 Å². The quantitative estimate of drug-likeness (QED) is 0.863. The molecule has 0 spiro atoms. The van der Waals surface area contributed by atoms with Crippen LogP contribution in [0.1, 0.15) is 28.8 Å².